The largest absolute Gasteiger partial charge is 0.336 e. The number of piperazine rings is 1. The number of hydrogen-bond acceptors (Lipinski definition) is 5. The molecule has 182 valence electrons. The highest BCUT2D eigenvalue weighted by atomic mass is 32.2. The van der Waals surface area contributed by atoms with Crippen LogP contribution < -0.4 is 0 Å². The molecule has 0 spiro atoms. The third-order valence-corrected chi connectivity index (χ3v) is 10.9. The standard InChI is InChI=1S/C26H33N3O3S2/c1-19-23-5-3-4-6-24(23)33-26(19)29(14-13-20-7-8-20)34(31,32)22-11-9-21(10-12-22)25(30)28-17-15-27(2)16-18-28/h3-6,9-12,19-20,26H,7-8,13-18H2,1-2H3. The van der Waals surface area contributed by atoms with Gasteiger partial charge >= 0.3 is 0 Å². The molecule has 1 aliphatic carbocycles. The second-order valence-electron chi connectivity index (χ2n) is 9.80. The number of fused-ring (bicyclic) bond motifs is 1. The van der Waals surface area contributed by atoms with E-state index in [2.05, 4.69) is 31.0 Å². The highest BCUT2D eigenvalue weighted by molar-refractivity contribution is 8.01. The Hall–Kier alpha value is -1.87. The van der Waals surface area contributed by atoms with Crippen LogP contribution in [0.25, 0.3) is 0 Å². The zero-order valence-corrected chi connectivity index (χ0v) is 21.5. The number of nitrogens with zero attached hydrogens (tertiary/aromatic N) is 3. The molecule has 2 fully saturated rings. The first-order valence-electron chi connectivity index (χ1n) is 12.2. The maximum atomic E-state index is 13.9. The molecule has 0 aromatic heterocycles. The van der Waals surface area contributed by atoms with Crippen LogP contribution in [0, 0.1) is 5.92 Å². The number of rotatable bonds is 7. The molecule has 3 aliphatic rings. The molecule has 5 rings (SSSR count). The fourth-order valence-electron chi connectivity index (χ4n) is 4.86. The Balaban J connectivity index is 1.37. The van der Waals surface area contributed by atoms with E-state index >= 15 is 0 Å². The lowest BCUT2D eigenvalue weighted by Crippen LogP contribution is -2.47. The maximum Gasteiger partial charge on any atom is 0.253 e. The van der Waals surface area contributed by atoms with Gasteiger partial charge in [-0.3, -0.25) is 4.79 Å². The van der Waals surface area contributed by atoms with Crippen molar-refractivity contribution in [2.75, 3.05) is 39.8 Å². The number of sulfonamides is 1. The van der Waals surface area contributed by atoms with Crippen LogP contribution in [-0.4, -0.2) is 73.6 Å². The number of thioether (sulfide) groups is 1. The minimum absolute atomic E-state index is 0.0296. The predicted molar refractivity (Wildman–Crippen MR) is 136 cm³/mol. The second-order valence-corrected chi connectivity index (χ2v) is 12.9. The van der Waals surface area contributed by atoms with Crippen LogP contribution in [0.1, 0.15) is 48.0 Å². The molecule has 6 nitrogen and oxygen atoms in total. The van der Waals surface area contributed by atoms with E-state index in [1.54, 1.807) is 40.3 Å². The van der Waals surface area contributed by atoms with Crippen molar-refractivity contribution in [1.82, 2.24) is 14.1 Å². The molecule has 0 bridgehead atoms. The summed E-state index contributed by atoms with van der Waals surface area (Å²) in [4.78, 5) is 18.4. The molecule has 0 radical (unpaired) electrons. The van der Waals surface area contributed by atoms with Gasteiger partial charge in [0.25, 0.3) is 5.91 Å². The number of carbonyl (C=O) groups excluding carboxylic acids is 1. The van der Waals surface area contributed by atoms with Gasteiger partial charge in [-0.25, -0.2) is 8.42 Å². The number of amides is 1. The first kappa shape index (κ1) is 23.9. The van der Waals surface area contributed by atoms with Gasteiger partial charge in [0.05, 0.1) is 10.3 Å². The lowest BCUT2D eigenvalue weighted by atomic mass is 10.0. The van der Waals surface area contributed by atoms with Gasteiger partial charge in [0.2, 0.25) is 10.0 Å². The highest BCUT2D eigenvalue weighted by Gasteiger charge is 2.41. The molecule has 2 aromatic carbocycles. The van der Waals surface area contributed by atoms with Gasteiger partial charge < -0.3 is 9.80 Å². The minimum atomic E-state index is -3.70. The maximum absolute atomic E-state index is 13.9. The monoisotopic (exact) mass is 499 g/mol. The van der Waals surface area contributed by atoms with Crippen molar-refractivity contribution in [3.63, 3.8) is 0 Å². The normalized spacial score (nSPS) is 23.3. The fourth-order valence-corrected chi connectivity index (χ4v) is 8.26. The van der Waals surface area contributed by atoms with E-state index in [1.807, 2.05) is 17.0 Å². The Labute approximate surface area is 207 Å². The molecule has 8 heteroatoms. The molecule has 1 saturated carbocycles. The van der Waals surface area contributed by atoms with Crippen molar-refractivity contribution in [1.29, 1.82) is 0 Å². The molecule has 1 saturated heterocycles. The van der Waals surface area contributed by atoms with Crippen LogP contribution in [0.5, 0.6) is 0 Å². The van der Waals surface area contributed by atoms with Gasteiger partial charge in [-0.05, 0) is 55.3 Å². The van der Waals surface area contributed by atoms with Crippen LogP contribution in [0.2, 0.25) is 0 Å². The van der Waals surface area contributed by atoms with Crippen molar-refractivity contribution in [3.05, 3.63) is 59.7 Å². The molecule has 2 heterocycles. The molecular formula is C26H33N3O3S2. The number of carbonyl (C=O) groups is 1. The van der Waals surface area contributed by atoms with E-state index in [0.29, 0.717) is 31.1 Å². The van der Waals surface area contributed by atoms with Gasteiger partial charge in [0.1, 0.15) is 0 Å². The van der Waals surface area contributed by atoms with E-state index in [4.69, 9.17) is 0 Å². The van der Waals surface area contributed by atoms with E-state index in [9.17, 15) is 13.2 Å². The van der Waals surface area contributed by atoms with Crippen LogP contribution in [0.3, 0.4) is 0 Å². The lowest BCUT2D eigenvalue weighted by Gasteiger charge is -2.32. The summed E-state index contributed by atoms with van der Waals surface area (Å²) >= 11 is 1.65. The number of hydrogen-bond donors (Lipinski definition) is 0. The van der Waals surface area contributed by atoms with Crippen LogP contribution in [0.4, 0.5) is 0 Å². The van der Waals surface area contributed by atoms with Crippen molar-refractivity contribution in [3.8, 4) is 0 Å². The molecule has 2 unspecified atom stereocenters. The Morgan fingerprint density at radius 3 is 2.35 bits per heavy atom. The van der Waals surface area contributed by atoms with Crippen molar-refractivity contribution < 1.29 is 13.2 Å². The quantitative estimate of drug-likeness (QED) is 0.574. The topological polar surface area (TPSA) is 60.9 Å². The zero-order chi connectivity index (χ0) is 23.9. The van der Waals surface area contributed by atoms with Crippen LogP contribution in [0.15, 0.2) is 58.3 Å². The minimum Gasteiger partial charge on any atom is -0.336 e. The number of likely N-dealkylation sites (N-methyl/N-ethyl adjacent to an activating group) is 1. The summed E-state index contributed by atoms with van der Waals surface area (Å²) in [7, 11) is -1.64. The summed E-state index contributed by atoms with van der Waals surface area (Å²) in [5.41, 5.74) is 1.77. The Kier molecular flexibility index (Phi) is 6.77. The molecule has 2 atom stereocenters. The Morgan fingerprint density at radius 2 is 1.71 bits per heavy atom. The smallest absolute Gasteiger partial charge is 0.253 e. The third-order valence-electron chi connectivity index (χ3n) is 7.32. The van der Waals surface area contributed by atoms with E-state index in [-0.39, 0.29) is 22.1 Å². The lowest BCUT2D eigenvalue weighted by molar-refractivity contribution is 0.0664. The summed E-state index contributed by atoms with van der Waals surface area (Å²) in [6.45, 7) is 5.76. The molecule has 1 amide bonds. The summed E-state index contributed by atoms with van der Waals surface area (Å²) in [6, 6.07) is 14.8. The molecule has 2 aliphatic heterocycles. The summed E-state index contributed by atoms with van der Waals surface area (Å²) < 4.78 is 29.5. The fraction of sp³-hybridized carbons (Fsp3) is 0.500. The van der Waals surface area contributed by atoms with Crippen molar-refractivity contribution in [2.45, 2.75) is 47.3 Å². The van der Waals surface area contributed by atoms with E-state index in [1.165, 1.54) is 23.3 Å². The summed E-state index contributed by atoms with van der Waals surface area (Å²) in [5.74, 6) is 0.733. The number of benzene rings is 2. The van der Waals surface area contributed by atoms with E-state index < -0.39 is 10.0 Å². The summed E-state index contributed by atoms with van der Waals surface area (Å²) in [6.07, 6.45) is 3.30. The first-order chi connectivity index (χ1) is 16.3. The van der Waals surface area contributed by atoms with Crippen molar-refractivity contribution in [2.24, 2.45) is 5.92 Å². The molecule has 0 N–H and O–H groups in total. The third kappa shape index (κ3) is 4.78. The predicted octanol–water partition coefficient (Wildman–Crippen LogP) is 4.10. The SMILES string of the molecule is CC1c2ccccc2SC1N(CCC1CC1)S(=O)(=O)c1ccc(C(=O)N2CCN(C)CC2)cc1. The highest BCUT2D eigenvalue weighted by Crippen LogP contribution is 2.48. The zero-order valence-electron chi connectivity index (χ0n) is 19.9. The van der Waals surface area contributed by atoms with Gasteiger partial charge in [-0.1, -0.05) is 38.0 Å². The van der Waals surface area contributed by atoms with E-state index in [0.717, 1.165) is 19.5 Å². The van der Waals surface area contributed by atoms with Crippen molar-refractivity contribution >= 4 is 27.7 Å². The van der Waals surface area contributed by atoms with Gasteiger partial charge in [0.15, 0.2) is 0 Å². The van der Waals surface area contributed by atoms with Gasteiger partial charge in [-0.2, -0.15) is 4.31 Å². The second kappa shape index (κ2) is 9.64. The average molecular weight is 500 g/mol. The van der Waals surface area contributed by atoms with Gasteiger partial charge in [0, 0.05) is 49.1 Å². The Morgan fingerprint density at radius 1 is 1.03 bits per heavy atom. The molecule has 34 heavy (non-hydrogen) atoms. The molecular weight excluding hydrogens is 466 g/mol. The van der Waals surface area contributed by atoms with Crippen LogP contribution >= 0.6 is 11.8 Å². The molecule has 2 aromatic rings. The average Bonchev–Trinajstić information content (AvgIpc) is 3.62. The first-order valence-corrected chi connectivity index (χ1v) is 14.5. The van der Waals surface area contributed by atoms with Crippen LogP contribution in [-0.2, 0) is 10.0 Å². The summed E-state index contributed by atoms with van der Waals surface area (Å²) in [5, 5.41) is -0.159. The Bertz CT molecular complexity index is 1140. The van der Waals surface area contributed by atoms with Gasteiger partial charge in [-0.15, -0.1) is 11.8 Å².